The molecule has 1 amide bonds. The molecule has 1 atom stereocenters. The van der Waals surface area contributed by atoms with E-state index in [1.807, 2.05) is 6.20 Å². The molecular weight excluding hydrogens is 312 g/mol. The zero-order valence-electron chi connectivity index (χ0n) is 12.7. The lowest BCUT2D eigenvalue weighted by molar-refractivity contribution is 0.0914. The zero-order chi connectivity index (χ0) is 15.4. The fourth-order valence-corrected chi connectivity index (χ4v) is 4.88. The molecule has 1 saturated carbocycles. The number of carbonyl (C=O) groups excluding carboxylic acids is 1. The number of nitrogens with one attached hydrogen (secondary N) is 2. The molecule has 1 fully saturated rings. The third kappa shape index (κ3) is 1.99. The number of aromatic nitrogens is 2. The van der Waals surface area contributed by atoms with E-state index in [-0.39, 0.29) is 11.9 Å². The Hall–Kier alpha value is -2.02. The second-order valence-electron chi connectivity index (χ2n) is 6.49. The normalized spacial score (nSPS) is 23.6. The summed E-state index contributed by atoms with van der Waals surface area (Å²) in [6, 6.07) is 0.263. The number of H-pyrrole nitrogens is 1. The smallest absolute Gasteiger partial charge is 0.263 e. The van der Waals surface area contributed by atoms with Crippen molar-refractivity contribution in [2.24, 2.45) is 5.92 Å². The van der Waals surface area contributed by atoms with E-state index < -0.39 is 0 Å². The van der Waals surface area contributed by atoms with Crippen LogP contribution in [0, 0.1) is 5.92 Å². The van der Waals surface area contributed by atoms with E-state index in [1.54, 1.807) is 6.20 Å². The highest BCUT2D eigenvalue weighted by molar-refractivity contribution is 7.18. The van der Waals surface area contributed by atoms with Gasteiger partial charge < -0.3 is 15.0 Å². The molecular formula is C16H18N4O2S. The van der Waals surface area contributed by atoms with Gasteiger partial charge in [-0.2, -0.15) is 5.10 Å². The Bertz CT molecular complexity index is 750. The minimum atomic E-state index is 0.0471. The van der Waals surface area contributed by atoms with Gasteiger partial charge in [-0.3, -0.25) is 9.89 Å². The van der Waals surface area contributed by atoms with Crippen molar-refractivity contribution in [2.75, 3.05) is 24.6 Å². The Morgan fingerprint density at radius 3 is 3.00 bits per heavy atom. The highest BCUT2D eigenvalue weighted by Gasteiger charge is 2.39. The van der Waals surface area contributed by atoms with Gasteiger partial charge in [0.05, 0.1) is 17.6 Å². The van der Waals surface area contributed by atoms with Crippen molar-refractivity contribution < 1.29 is 9.53 Å². The molecule has 2 aliphatic heterocycles. The first-order valence-corrected chi connectivity index (χ1v) is 8.97. The van der Waals surface area contributed by atoms with E-state index in [0.29, 0.717) is 12.5 Å². The lowest BCUT2D eigenvalue weighted by Crippen LogP contribution is -2.48. The fraction of sp³-hybridized carbons (Fsp3) is 0.500. The number of anilines is 1. The van der Waals surface area contributed by atoms with Crippen molar-refractivity contribution in [1.29, 1.82) is 0 Å². The molecule has 0 aromatic carbocycles. The first-order chi connectivity index (χ1) is 11.3. The van der Waals surface area contributed by atoms with E-state index in [0.717, 1.165) is 39.8 Å². The molecule has 1 aliphatic carbocycles. The number of ether oxygens (including phenoxy) is 1. The summed E-state index contributed by atoms with van der Waals surface area (Å²) >= 11 is 1.51. The maximum absolute atomic E-state index is 12.8. The van der Waals surface area contributed by atoms with Crippen LogP contribution in [0.4, 0.5) is 5.69 Å². The Labute approximate surface area is 137 Å². The van der Waals surface area contributed by atoms with Crippen LogP contribution in [0.25, 0.3) is 10.4 Å². The topological polar surface area (TPSA) is 70.2 Å². The van der Waals surface area contributed by atoms with Crippen molar-refractivity contribution in [3.05, 3.63) is 17.3 Å². The van der Waals surface area contributed by atoms with E-state index in [9.17, 15) is 4.79 Å². The van der Waals surface area contributed by atoms with Gasteiger partial charge in [-0.25, -0.2) is 0 Å². The second kappa shape index (κ2) is 4.99. The molecule has 23 heavy (non-hydrogen) atoms. The van der Waals surface area contributed by atoms with Crippen LogP contribution < -0.4 is 15.0 Å². The van der Waals surface area contributed by atoms with Crippen LogP contribution >= 0.6 is 11.3 Å². The van der Waals surface area contributed by atoms with Crippen molar-refractivity contribution >= 4 is 22.9 Å². The summed E-state index contributed by atoms with van der Waals surface area (Å²) in [7, 11) is 0. The summed E-state index contributed by atoms with van der Waals surface area (Å²) in [5.41, 5.74) is 1.96. The van der Waals surface area contributed by atoms with Crippen molar-refractivity contribution in [3.8, 4) is 16.2 Å². The number of carbonyl (C=O) groups is 1. The van der Waals surface area contributed by atoms with Gasteiger partial charge in [-0.05, 0) is 18.8 Å². The van der Waals surface area contributed by atoms with Gasteiger partial charge in [0.2, 0.25) is 0 Å². The third-order valence-electron chi connectivity index (χ3n) is 5.18. The third-order valence-corrected chi connectivity index (χ3v) is 6.39. The Balaban J connectivity index is 1.59. The molecule has 0 radical (unpaired) electrons. The maximum Gasteiger partial charge on any atom is 0.263 e. The first kappa shape index (κ1) is 13.4. The SMILES string of the molecule is O=C1N[C@H](C2CCC2)CN2CCOc3c(-c4cn[nH]c4)sc1c32. The highest BCUT2D eigenvalue weighted by Crippen LogP contribution is 2.50. The lowest BCUT2D eigenvalue weighted by atomic mass is 9.79. The van der Waals surface area contributed by atoms with E-state index in [4.69, 9.17) is 4.74 Å². The molecule has 4 heterocycles. The quantitative estimate of drug-likeness (QED) is 0.886. The standard InChI is InChI=1S/C16H18N4O2S/c21-16-15-12-13(14(23-15)10-6-17-18-7-10)22-5-4-20(12)8-11(19-16)9-2-1-3-9/h6-7,9,11H,1-5,8H2,(H,17,18)(H,19,21)/t11-/m0/s1. The molecule has 0 bridgehead atoms. The summed E-state index contributed by atoms with van der Waals surface area (Å²) in [6.45, 7) is 2.40. The van der Waals surface area contributed by atoms with Crippen LogP contribution in [0.1, 0.15) is 28.9 Å². The molecule has 3 aliphatic rings. The van der Waals surface area contributed by atoms with Gasteiger partial charge in [-0.15, -0.1) is 11.3 Å². The number of thiophene rings is 1. The minimum absolute atomic E-state index is 0.0471. The van der Waals surface area contributed by atoms with Crippen molar-refractivity contribution in [3.63, 3.8) is 0 Å². The zero-order valence-corrected chi connectivity index (χ0v) is 13.5. The van der Waals surface area contributed by atoms with E-state index in [1.165, 1.54) is 30.6 Å². The van der Waals surface area contributed by atoms with Crippen LogP contribution in [-0.4, -0.2) is 41.8 Å². The number of amides is 1. The van der Waals surface area contributed by atoms with Gasteiger partial charge >= 0.3 is 0 Å². The fourth-order valence-electron chi connectivity index (χ4n) is 3.73. The Kier molecular flexibility index (Phi) is 2.91. The van der Waals surface area contributed by atoms with Crippen LogP contribution in [0.3, 0.4) is 0 Å². The maximum atomic E-state index is 12.8. The summed E-state index contributed by atoms with van der Waals surface area (Å²) in [6.07, 6.45) is 7.38. The van der Waals surface area contributed by atoms with E-state index >= 15 is 0 Å². The molecule has 120 valence electrons. The van der Waals surface area contributed by atoms with Gasteiger partial charge in [-0.1, -0.05) is 6.42 Å². The van der Waals surface area contributed by atoms with Gasteiger partial charge in [0.25, 0.3) is 5.91 Å². The lowest BCUT2D eigenvalue weighted by Gasteiger charge is -2.37. The van der Waals surface area contributed by atoms with Gasteiger partial charge in [0.15, 0.2) is 5.75 Å². The summed E-state index contributed by atoms with van der Waals surface area (Å²) in [5, 5.41) is 10.1. The molecule has 6 nitrogen and oxygen atoms in total. The second-order valence-corrected chi connectivity index (χ2v) is 7.51. The summed E-state index contributed by atoms with van der Waals surface area (Å²) < 4.78 is 5.95. The number of aromatic amines is 1. The van der Waals surface area contributed by atoms with Crippen LogP contribution in [0.15, 0.2) is 12.4 Å². The van der Waals surface area contributed by atoms with Crippen molar-refractivity contribution in [1.82, 2.24) is 15.5 Å². The molecule has 0 unspecified atom stereocenters. The molecule has 2 aromatic rings. The monoisotopic (exact) mass is 330 g/mol. The predicted octanol–water partition coefficient (Wildman–Crippen LogP) is 2.25. The Morgan fingerprint density at radius 1 is 1.35 bits per heavy atom. The molecule has 7 heteroatoms. The average Bonchev–Trinajstić information content (AvgIpc) is 3.09. The van der Waals surface area contributed by atoms with E-state index in [2.05, 4.69) is 20.4 Å². The van der Waals surface area contributed by atoms with Gasteiger partial charge in [0.1, 0.15) is 17.2 Å². The Morgan fingerprint density at radius 2 is 2.26 bits per heavy atom. The van der Waals surface area contributed by atoms with Crippen LogP contribution in [-0.2, 0) is 0 Å². The summed E-state index contributed by atoms with van der Waals surface area (Å²) in [5.74, 6) is 1.53. The van der Waals surface area contributed by atoms with Gasteiger partial charge in [0, 0.05) is 24.3 Å². The highest BCUT2D eigenvalue weighted by atomic mass is 32.1. The van der Waals surface area contributed by atoms with Crippen LogP contribution in [0.2, 0.25) is 0 Å². The predicted molar refractivity (Wildman–Crippen MR) is 88.2 cm³/mol. The number of nitrogens with zero attached hydrogens (tertiary/aromatic N) is 2. The molecule has 2 N–H and O–H groups in total. The van der Waals surface area contributed by atoms with Crippen molar-refractivity contribution in [2.45, 2.75) is 25.3 Å². The number of hydrogen-bond acceptors (Lipinski definition) is 5. The molecule has 0 spiro atoms. The number of hydrogen-bond donors (Lipinski definition) is 2. The minimum Gasteiger partial charge on any atom is -0.488 e. The molecule has 2 aromatic heterocycles. The first-order valence-electron chi connectivity index (χ1n) is 8.16. The summed E-state index contributed by atoms with van der Waals surface area (Å²) in [4.78, 5) is 16.9. The largest absolute Gasteiger partial charge is 0.488 e. The average molecular weight is 330 g/mol. The van der Waals surface area contributed by atoms with Crippen LogP contribution in [0.5, 0.6) is 5.75 Å². The molecule has 5 rings (SSSR count). The number of rotatable bonds is 2. The molecule has 0 saturated heterocycles.